The van der Waals surface area contributed by atoms with Crippen molar-refractivity contribution in [2.24, 2.45) is 0 Å². The molecule has 1 aliphatic heterocycles. The number of anilines is 1. The van der Waals surface area contributed by atoms with Gasteiger partial charge in [-0.25, -0.2) is 4.98 Å². The maximum absolute atomic E-state index is 13.4. The van der Waals surface area contributed by atoms with E-state index < -0.39 is 17.7 Å². The standard InChI is InChI=1S/C31H23N3O4S/c1-19-16-21(13-14-24(19)38-18-20-8-3-2-4-9-20)28(35)26-27(22-10-7-15-32-17-22)34(30(37)29(26)36)31-33-23-11-5-6-12-25(23)39-31/h2-17,27,35H,18H2,1H3/b28-26+. The summed E-state index contributed by atoms with van der Waals surface area (Å²) in [5.74, 6) is -1.12. The average molecular weight is 534 g/mol. The van der Waals surface area contributed by atoms with E-state index in [1.807, 2.05) is 61.5 Å². The minimum absolute atomic E-state index is 0.00962. The Bertz CT molecular complexity index is 1700. The number of rotatable bonds is 6. The molecule has 3 heterocycles. The lowest BCUT2D eigenvalue weighted by Crippen LogP contribution is -2.29. The van der Waals surface area contributed by atoms with E-state index in [0.717, 1.165) is 21.3 Å². The van der Waals surface area contributed by atoms with Crippen molar-refractivity contribution in [3.63, 3.8) is 0 Å². The summed E-state index contributed by atoms with van der Waals surface area (Å²) in [4.78, 5) is 37.0. The fourth-order valence-corrected chi connectivity index (χ4v) is 5.69. The molecule has 0 bridgehead atoms. The Balaban J connectivity index is 1.41. The number of benzene rings is 3. The molecule has 1 unspecified atom stereocenters. The number of ether oxygens (including phenoxy) is 1. The summed E-state index contributed by atoms with van der Waals surface area (Å²) in [5, 5.41) is 11.9. The SMILES string of the molecule is Cc1cc(/C(O)=C2\C(=O)C(=O)N(c3nc4ccccc4s3)C2c2cccnc2)ccc1OCc1ccccc1. The van der Waals surface area contributed by atoms with Gasteiger partial charge in [-0.3, -0.25) is 19.5 Å². The molecule has 6 rings (SSSR count). The van der Waals surface area contributed by atoms with Crippen LogP contribution in [0.25, 0.3) is 16.0 Å². The zero-order valence-corrected chi connectivity index (χ0v) is 21.8. The summed E-state index contributed by atoms with van der Waals surface area (Å²) in [7, 11) is 0. The first-order valence-electron chi connectivity index (χ1n) is 12.4. The molecule has 0 radical (unpaired) electrons. The van der Waals surface area contributed by atoms with Gasteiger partial charge in [0.2, 0.25) is 0 Å². The number of thiazole rings is 1. The van der Waals surface area contributed by atoms with Crippen molar-refractivity contribution in [1.29, 1.82) is 0 Å². The fourth-order valence-electron chi connectivity index (χ4n) is 4.70. The van der Waals surface area contributed by atoms with E-state index >= 15 is 0 Å². The zero-order valence-electron chi connectivity index (χ0n) is 20.9. The molecule has 3 aromatic carbocycles. The largest absolute Gasteiger partial charge is 0.507 e. The second-order valence-corrected chi connectivity index (χ2v) is 10.2. The van der Waals surface area contributed by atoms with Crippen LogP contribution in [-0.2, 0) is 16.2 Å². The molecular weight excluding hydrogens is 510 g/mol. The first kappa shape index (κ1) is 24.5. The van der Waals surface area contributed by atoms with Gasteiger partial charge in [0.1, 0.15) is 18.1 Å². The number of fused-ring (bicyclic) bond motifs is 1. The van der Waals surface area contributed by atoms with Gasteiger partial charge in [0, 0.05) is 18.0 Å². The highest BCUT2D eigenvalue weighted by atomic mass is 32.1. The molecule has 0 aliphatic carbocycles. The van der Waals surface area contributed by atoms with Crippen LogP contribution in [0.3, 0.4) is 0 Å². The van der Waals surface area contributed by atoms with Crippen molar-refractivity contribution in [2.45, 2.75) is 19.6 Å². The van der Waals surface area contributed by atoms with Gasteiger partial charge >= 0.3 is 5.91 Å². The van der Waals surface area contributed by atoms with E-state index in [2.05, 4.69) is 9.97 Å². The van der Waals surface area contributed by atoms with E-state index in [1.54, 1.807) is 42.7 Å². The third-order valence-corrected chi connectivity index (χ3v) is 7.65. The number of aromatic nitrogens is 2. The number of nitrogens with zero attached hydrogens (tertiary/aromatic N) is 3. The minimum atomic E-state index is -0.881. The van der Waals surface area contributed by atoms with Crippen molar-refractivity contribution in [3.05, 3.63) is 125 Å². The predicted octanol–water partition coefficient (Wildman–Crippen LogP) is 6.21. The van der Waals surface area contributed by atoms with Crippen LogP contribution in [0.2, 0.25) is 0 Å². The van der Waals surface area contributed by atoms with Crippen LogP contribution in [0.5, 0.6) is 5.75 Å². The molecule has 1 atom stereocenters. The maximum atomic E-state index is 13.4. The van der Waals surface area contributed by atoms with Crippen LogP contribution in [-0.4, -0.2) is 26.8 Å². The van der Waals surface area contributed by atoms with Crippen LogP contribution in [0.15, 0.2) is 103 Å². The normalized spacial score (nSPS) is 16.6. The molecule has 1 N–H and O–H groups in total. The Morgan fingerprint density at radius 1 is 1.00 bits per heavy atom. The second kappa shape index (κ2) is 10.2. The summed E-state index contributed by atoms with van der Waals surface area (Å²) in [6, 6.07) is 25.2. The first-order chi connectivity index (χ1) is 19.0. The molecule has 7 nitrogen and oxygen atoms in total. The van der Waals surface area contributed by atoms with E-state index in [9.17, 15) is 14.7 Å². The Labute approximate surface area is 228 Å². The Kier molecular flexibility index (Phi) is 6.38. The molecule has 1 saturated heterocycles. The van der Waals surface area contributed by atoms with Gasteiger partial charge in [-0.2, -0.15) is 0 Å². The number of amides is 1. The monoisotopic (exact) mass is 533 g/mol. The Morgan fingerprint density at radius 2 is 1.79 bits per heavy atom. The number of carbonyl (C=O) groups excluding carboxylic acids is 2. The number of hydrogen-bond donors (Lipinski definition) is 1. The van der Waals surface area contributed by atoms with Crippen LogP contribution in [0.1, 0.15) is 28.3 Å². The van der Waals surface area contributed by atoms with E-state index in [-0.39, 0.29) is 11.3 Å². The van der Waals surface area contributed by atoms with Crippen molar-refractivity contribution >= 4 is 44.1 Å². The number of pyridine rings is 1. The lowest BCUT2D eigenvalue weighted by atomic mass is 9.96. The summed E-state index contributed by atoms with van der Waals surface area (Å²) in [6.07, 6.45) is 3.21. The van der Waals surface area contributed by atoms with E-state index in [1.165, 1.54) is 16.2 Å². The van der Waals surface area contributed by atoms with Crippen molar-refractivity contribution in [3.8, 4) is 5.75 Å². The highest BCUT2D eigenvalue weighted by molar-refractivity contribution is 7.22. The van der Waals surface area contributed by atoms with Gasteiger partial charge < -0.3 is 9.84 Å². The van der Waals surface area contributed by atoms with E-state index in [0.29, 0.717) is 28.6 Å². The smallest absolute Gasteiger partial charge is 0.301 e. The molecule has 192 valence electrons. The lowest BCUT2D eigenvalue weighted by Gasteiger charge is -2.22. The van der Waals surface area contributed by atoms with Gasteiger partial charge in [-0.1, -0.05) is 59.9 Å². The molecule has 2 aromatic heterocycles. The summed E-state index contributed by atoms with van der Waals surface area (Å²) >= 11 is 1.32. The summed E-state index contributed by atoms with van der Waals surface area (Å²) in [5.41, 5.74) is 3.55. The second-order valence-electron chi connectivity index (χ2n) is 9.17. The fraction of sp³-hybridized carbons (Fsp3) is 0.0968. The topological polar surface area (TPSA) is 92.6 Å². The summed E-state index contributed by atoms with van der Waals surface area (Å²) in [6.45, 7) is 2.27. The minimum Gasteiger partial charge on any atom is -0.507 e. The van der Waals surface area contributed by atoms with Gasteiger partial charge in [0.25, 0.3) is 5.78 Å². The van der Waals surface area contributed by atoms with Crippen molar-refractivity contribution < 1.29 is 19.4 Å². The van der Waals surface area contributed by atoms with Crippen LogP contribution in [0, 0.1) is 6.92 Å². The molecule has 0 saturated carbocycles. The number of carbonyl (C=O) groups is 2. The Morgan fingerprint density at radius 3 is 2.54 bits per heavy atom. The third kappa shape index (κ3) is 4.55. The summed E-state index contributed by atoms with van der Waals surface area (Å²) < 4.78 is 6.86. The molecule has 1 amide bonds. The number of Topliss-reactive ketones (excluding diaryl/α,β-unsaturated/α-hetero) is 1. The molecule has 1 fully saturated rings. The number of aliphatic hydroxyl groups is 1. The van der Waals surface area contributed by atoms with E-state index in [4.69, 9.17) is 4.74 Å². The Hall–Kier alpha value is -4.82. The van der Waals surface area contributed by atoms with Crippen LogP contribution in [0.4, 0.5) is 5.13 Å². The lowest BCUT2D eigenvalue weighted by molar-refractivity contribution is -0.132. The number of aryl methyl sites for hydroxylation is 1. The third-order valence-electron chi connectivity index (χ3n) is 6.62. The predicted molar refractivity (Wildman–Crippen MR) is 151 cm³/mol. The van der Waals surface area contributed by atoms with Crippen molar-refractivity contribution in [1.82, 2.24) is 9.97 Å². The average Bonchev–Trinajstić information content (AvgIpc) is 3.51. The number of aliphatic hydroxyl groups excluding tert-OH is 1. The molecule has 0 spiro atoms. The van der Waals surface area contributed by atoms with Gasteiger partial charge in [0.05, 0.1) is 21.8 Å². The van der Waals surface area contributed by atoms with Gasteiger partial charge in [-0.05, 0) is 60.0 Å². The highest BCUT2D eigenvalue weighted by Crippen LogP contribution is 2.44. The quantitative estimate of drug-likeness (QED) is 0.159. The van der Waals surface area contributed by atoms with Gasteiger partial charge in [0.15, 0.2) is 5.13 Å². The van der Waals surface area contributed by atoms with Crippen molar-refractivity contribution in [2.75, 3.05) is 4.90 Å². The number of para-hydroxylation sites is 1. The first-order valence-corrected chi connectivity index (χ1v) is 13.2. The number of hydrogen-bond acceptors (Lipinski definition) is 7. The van der Waals surface area contributed by atoms with Gasteiger partial charge in [-0.15, -0.1) is 0 Å². The van der Waals surface area contributed by atoms with Crippen LogP contribution < -0.4 is 9.64 Å². The molecule has 1 aliphatic rings. The number of ketones is 1. The molecule has 39 heavy (non-hydrogen) atoms. The molecule has 8 heteroatoms. The maximum Gasteiger partial charge on any atom is 0.301 e. The zero-order chi connectivity index (χ0) is 26.9. The highest BCUT2D eigenvalue weighted by Gasteiger charge is 2.48. The molecular formula is C31H23N3O4S. The molecule has 5 aromatic rings. The van der Waals surface area contributed by atoms with Crippen LogP contribution >= 0.6 is 11.3 Å².